The van der Waals surface area contributed by atoms with Crippen molar-refractivity contribution in [2.45, 2.75) is 31.4 Å². The molecule has 0 N–H and O–H groups in total. The molecule has 1 atom stereocenters. The Bertz CT molecular complexity index is 449. The highest BCUT2D eigenvalue weighted by atomic mass is 35.5. The fourth-order valence-electron chi connectivity index (χ4n) is 2.41. The lowest BCUT2D eigenvalue weighted by atomic mass is 10.2. The quantitative estimate of drug-likeness (QED) is 0.861. The molecule has 1 unspecified atom stereocenters. The number of hydrogen-bond donors (Lipinski definition) is 0. The minimum atomic E-state index is 0.0468. The summed E-state index contributed by atoms with van der Waals surface area (Å²) in [5.41, 5.74) is 0.576. The fraction of sp³-hybridized carbons (Fsp3) is 0.692. The van der Waals surface area contributed by atoms with Gasteiger partial charge in [0.2, 0.25) is 5.28 Å². The summed E-state index contributed by atoms with van der Waals surface area (Å²) < 4.78 is 1.65. The maximum Gasteiger partial charge on any atom is 0.272 e. The van der Waals surface area contributed by atoms with Gasteiger partial charge in [-0.2, -0.15) is 11.8 Å². The van der Waals surface area contributed by atoms with Crippen molar-refractivity contribution in [3.8, 4) is 0 Å². The van der Waals surface area contributed by atoms with E-state index in [1.165, 1.54) is 12.8 Å². The molecule has 1 saturated heterocycles. The Morgan fingerprint density at radius 2 is 2.37 bits per heavy atom. The van der Waals surface area contributed by atoms with Crippen molar-refractivity contribution in [1.82, 2.24) is 14.5 Å². The van der Waals surface area contributed by atoms with E-state index in [9.17, 15) is 4.79 Å². The summed E-state index contributed by atoms with van der Waals surface area (Å²) in [7, 11) is 1.78. The molecule has 2 heterocycles. The summed E-state index contributed by atoms with van der Waals surface area (Å²) >= 11 is 7.85. The zero-order chi connectivity index (χ0) is 13.8. The number of thioether (sulfide) groups is 1. The highest BCUT2D eigenvalue weighted by molar-refractivity contribution is 7.99. The van der Waals surface area contributed by atoms with E-state index in [0.717, 1.165) is 25.3 Å². The van der Waals surface area contributed by atoms with Crippen LogP contribution < -0.4 is 0 Å². The van der Waals surface area contributed by atoms with Gasteiger partial charge in [0.25, 0.3) is 5.91 Å². The summed E-state index contributed by atoms with van der Waals surface area (Å²) in [5, 5.41) is 0.915. The molecule has 4 nitrogen and oxygen atoms in total. The molecule has 1 aliphatic rings. The average molecular weight is 302 g/mol. The predicted octanol–water partition coefficient (Wildman–Crippen LogP) is 2.82. The molecule has 0 spiro atoms. The van der Waals surface area contributed by atoms with E-state index in [0.29, 0.717) is 16.2 Å². The van der Waals surface area contributed by atoms with Crippen LogP contribution in [-0.4, -0.2) is 44.5 Å². The molecule has 0 bridgehead atoms. The fourth-order valence-corrected chi connectivity index (χ4v) is 3.64. The van der Waals surface area contributed by atoms with Gasteiger partial charge in [0, 0.05) is 25.4 Å². The van der Waals surface area contributed by atoms with E-state index in [1.807, 2.05) is 16.7 Å². The number of halogens is 1. The Labute approximate surface area is 123 Å². The summed E-state index contributed by atoms with van der Waals surface area (Å²) in [6.45, 7) is 3.84. The van der Waals surface area contributed by atoms with Crippen molar-refractivity contribution in [1.29, 1.82) is 0 Å². The number of likely N-dealkylation sites (tertiary alicyclic amines) is 1. The van der Waals surface area contributed by atoms with Crippen molar-refractivity contribution in [2.24, 2.45) is 7.05 Å². The van der Waals surface area contributed by atoms with Crippen molar-refractivity contribution < 1.29 is 4.79 Å². The van der Waals surface area contributed by atoms with Crippen molar-refractivity contribution in [3.05, 3.63) is 17.2 Å². The van der Waals surface area contributed by atoms with Gasteiger partial charge in [0.15, 0.2) is 0 Å². The van der Waals surface area contributed by atoms with Gasteiger partial charge in [-0.25, -0.2) is 4.98 Å². The van der Waals surface area contributed by atoms with Crippen LogP contribution >= 0.6 is 23.4 Å². The molecule has 0 aliphatic carbocycles. The number of rotatable bonds is 3. The Morgan fingerprint density at radius 3 is 3.00 bits per heavy atom. The second-order valence-electron chi connectivity index (χ2n) is 4.80. The Morgan fingerprint density at radius 1 is 1.58 bits per heavy atom. The van der Waals surface area contributed by atoms with Crippen LogP contribution in [-0.2, 0) is 7.05 Å². The van der Waals surface area contributed by atoms with E-state index < -0.39 is 0 Å². The SMILES string of the molecule is CCSC1CCCCN(C(=O)c2cnc(Cl)n2C)C1. The third-order valence-corrected chi connectivity index (χ3v) is 5.01. The maximum atomic E-state index is 12.5. The zero-order valence-electron chi connectivity index (χ0n) is 11.4. The van der Waals surface area contributed by atoms with Gasteiger partial charge < -0.3 is 9.47 Å². The van der Waals surface area contributed by atoms with Crippen molar-refractivity contribution in [3.63, 3.8) is 0 Å². The number of carbonyl (C=O) groups excluding carboxylic acids is 1. The van der Waals surface area contributed by atoms with Crippen LogP contribution in [0.2, 0.25) is 5.28 Å². The average Bonchev–Trinajstić information content (AvgIpc) is 2.62. The van der Waals surface area contributed by atoms with Crippen LogP contribution in [0.1, 0.15) is 36.7 Å². The van der Waals surface area contributed by atoms with Gasteiger partial charge in [-0.1, -0.05) is 13.3 Å². The molecule has 2 rings (SSSR count). The highest BCUT2D eigenvalue weighted by Crippen LogP contribution is 2.23. The molecular formula is C13H20ClN3OS. The normalized spacial score (nSPS) is 20.4. The first kappa shape index (κ1) is 14.7. The van der Waals surface area contributed by atoms with E-state index in [4.69, 9.17) is 11.6 Å². The van der Waals surface area contributed by atoms with Crippen LogP contribution in [0.5, 0.6) is 0 Å². The molecule has 1 aliphatic heterocycles. The van der Waals surface area contributed by atoms with Crippen LogP contribution in [0.4, 0.5) is 0 Å². The van der Waals surface area contributed by atoms with E-state index >= 15 is 0 Å². The first-order chi connectivity index (χ1) is 9.13. The molecule has 0 aromatic carbocycles. The van der Waals surface area contributed by atoms with Gasteiger partial charge in [-0.3, -0.25) is 4.79 Å². The van der Waals surface area contributed by atoms with Crippen LogP contribution in [0, 0.1) is 0 Å². The highest BCUT2D eigenvalue weighted by Gasteiger charge is 2.25. The molecule has 106 valence electrons. The predicted molar refractivity (Wildman–Crippen MR) is 79.9 cm³/mol. The lowest BCUT2D eigenvalue weighted by Crippen LogP contribution is -2.36. The van der Waals surface area contributed by atoms with Crippen LogP contribution in [0.3, 0.4) is 0 Å². The van der Waals surface area contributed by atoms with Gasteiger partial charge in [-0.15, -0.1) is 0 Å². The topological polar surface area (TPSA) is 38.1 Å². The molecule has 1 aromatic heterocycles. The number of aromatic nitrogens is 2. The third-order valence-electron chi connectivity index (χ3n) is 3.47. The molecule has 1 aromatic rings. The van der Waals surface area contributed by atoms with Gasteiger partial charge >= 0.3 is 0 Å². The largest absolute Gasteiger partial charge is 0.336 e. The van der Waals surface area contributed by atoms with Crippen LogP contribution in [0.15, 0.2) is 6.20 Å². The molecular weight excluding hydrogens is 282 g/mol. The second kappa shape index (κ2) is 6.66. The Hall–Kier alpha value is -0.680. The third kappa shape index (κ3) is 3.45. The van der Waals surface area contributed by atoms with E-state index in [1.54, 1.807) is 17.8 Å². The number of nitrogens with zero attached hydrogens (tertiary/aromatic N) is 3. The summed E-state index contributed by atoms with van der Waals surface area (Å²) in [6, 6.07) is 0. The van der Waals surface area contributed by atoms with E-state index in [2.05, 4.69) is 11.9 Å². The summed E-state index contributed by atoms with van der Waals surface area (Å²) in [6.07, 6.45) is 5.05. The minimum absolute atomic E-state index is 0.0468. The summed E-state index contributed by atoms with van der Waals surface area (Å²) in [4.78, 5) is 18.5. The standard InChI is InChI=1S/C13H20ClN3OS/c1-3-19-10-6-4-5-7-17(9-10)12(18)11-8-15-13(14)16(11)2/h8,10H,3-7,9H2,1-2H3. The Kier molecular flexibility index (Phi) is 5.16. The molecule has 0 radical (unpaired) electrons. The lowest BCUT2D eigenvalue weighted by Gasteiger charge is -2.24. The maximum absolute atomic E-state index is 12.5. The zero-order valence-corrected chi connectivity index (χ0v) is 13.0. The molecule has 1 fully saturated rings. The van der Waals surface area contributed by atoms with Gasteiger partial charge in [0.1, 0.15) is 5.69 Å². The summed E-state index contributed by atoms with van der Waals surface area (Å²) in [5.74, 6) is 1.15. The lowest BCUT2D eigenvalue weighted by molar-refractivity contribution is 0.0754. The van der Waals surface area contributed by atoms with Crippen LogP contribution in [0.25, 0.3) is 0 Å². The smallest absolute Gasteiger partial charge is 0.272 e. The van der Waals surface area contributed by atoms with Crippen molar-refractivity contribution >= 4 is 29.3 Å². The first-order valence-electron chi connectivity index (χ1n) is 6.71. The van der Waals surface area contributed by atoms with E-state index in [-0.39, 0.29) is 5.91 Å². The molecule has 6 heteroatoms. The number of amides is 1. The molecule has 0 saturated carbocycles. The van der Waals surface area contributed by atoms with Gasteiger partial charge in [0.05, 0.1) is 6.20 Å². The first-order valence-corrected chi connectivity index (χ1v) is 8.14. The molecule has 19 heavy (non-hydrogen) atoms. The monoisotopic (exact) mass is 301 g/mol. The minimum Gasteiger partial charge on any atom is -0.336 e. The number of imidazole rings is 1. The van der Waals surface area contributed by atoms with Crippen molar-refractivity contribution in [2.75, 3.05) is 18.8 Å². The molecule has 1 amide bonds. The number of carbonyl (C=O) groups is 1. The number of hydrogen-bond acceptors (Lipinski definition) is 3. The Balaban J connectivity index is 2.10. The second-order valence-corrected chi connectivity index (χ2v) is 6.71. The van der Waals surface area contributed by atoms with Gasteiger partial charge in [-0.05, 0) is 30.2 Å².